The highest BCUT2D eigenvalue weighted by Crippen LogP contribution is 2.50. The first kappa shape index (κ1) is 23.8. The van der Waals surface area contributed by atoms with E-state index in [1.807, 2.05) is 24.3 Å². The second-order valence-corrected chi connectivity index (χ2v) is 10.2. The molecule has 1 fully saturated rings. The summed E-state index contributed by atoms with van der Waals surface area (Å²) in [5.74, 6) is -1.47. The fourth-order valence-corrected chi connectivity index (χ4v) is 5.02. The molecule has 8 heteroatoms. The van der Waals surface area contributed by atoms with Gasteiger partial charge in [-0.1, -0.05) is 24.3 Å². The van der Waals surface area contributed by atoms with Crippen molar-refractivity contribution in [1.82, 2.24) is 4.90 Å². The van der Waals surface area contributed by atoms with Crippen LogP contribution in [0.2, 0.25) is 0 Å². The Labute approximate surface area is 208 Å². The maximum atomic E-state index is 13.5. The summed E-state index contributed by atoms with van der Waals surface area (Å²) in [7, 11) is 0. The third-order valence-corrected chi connectivity index (χ3v) is 6.57. The quantitative estimate of drug-likeness (QED) is 0.445. The van der Waals surface area contributed by atoms with Crippen LogP contribution in [0.4, 0.5) is 14.9 Å². The Morgan fingerprint density at radius 1 is 1.06 bits per heavy atom. The van der Waals surface area contributed by atoms with Crippen LogP contribution in [0.5, 0.6) is 0 Å². The average Bonchev–Trinajstić information content (AvgIpc) is 3.40. The van der Waals surface area contributed by atoms with Gasteiger partial charge in [-0.15, -0.1) is 0 Å². The standard InChI is InChI=1S/C28H27FN2O5/c1-16-13-23(30(25(16)32)19-11-9-18(29)10-12-19)35-15-22-21-14-17-7-5-6-8-20(17)24(21)31(26(22)33)27(34)36-28(2,3)4/h5-13,15,21,23-24H,14H2,1-4H3/b22-15+. The fourth-order valence-electron chi connectivity index (χ4n) is 5.02. The first-order chi connectivity index (χ1) is 17.0. The lowest BCUT2D eigenvalue weighted by atomic mass is 9.97. The molecule has 7 nitrogen and oxygen atoms in total. The summed E-state index contributed by atoms with van der Waals surface area (Å²) in [4.78, 5) is 42.0. The monoisotopic (exact) mass is 490 g/mol. The molecule has 2 aromatic rings. The van der Waals surface area contributed by atoms with Crippen LogP contribution in [0, 0.1) is 11.7 Å². The normalized spacial score (nSPS) is 24.2. The van der Waals surface area contributed by atoms with Gasteiger partial charge in [0.15, 0.2) is 6.23 Å². The number of rotatable bonds is 3. The van der Waals surface area contributed by atoms with Crippen LogP contribution in [0.1, 0.15) is 44.9 Å². The molecule has 36 heavy (non-hydrogen) atoms. The molecule has 186 valence electrons. The highest BCUT2D eigenvalue weighted by molar-refractivity contribution is 6.08. The molecular weight excluding hydrogens is 463 g/mol. The van der Waals surface area contributed by atoms with E-state index in [0.29, 0.717) is 23.3 Å². The zero-order valence-electron chi connectivity index (χ0n) is 20.5. The summed E-state index contributed by atoms with van der Waals surface area (Å²) in [6, 6.07) is 12.8. The predicted molar refractivity (Wildman–Crippen MR) is 130 cm³/mol. The van der Waals surface area contributed by atoms with Gasteiger partial charge >= 0.3 is 6.09 Å². The van der Waals surface area contributed by atoms with Crippen molar-refractivity contribution in [2.45, 2.75) is 52.0 Å². The first-order valence-corrected chi connectivity index (χ1v) is 11.8. The van der Waals surface area contributed by atoms with Gasteiger partial charge in [-0.25, -0.2) is 14.1 Å². The summed E-state index contributed by atoms with van der Waals surface area (Å²) < 4.78 is 25.0. The number of hydrogen-bond acceptors (Lipinski definition) is 5. The van der Waals surface area contributed by atoms with Gasteiger partial charge in [0.05, 0.1) is 17.9 Å². The summed E-state index contributed by atoms with van der Waals surface area (Å²) in [6.07, 6.45) is 2.05. The van der Waals surface area contributed by atoms with Crippen LogP contribution in [-0.2, 0) is 25.5 Å². The molecule has 3 atom stereocenters. The van der Waals surface area contributed by atoms with Gasteiger partial charge in [-0.05, 0) is 75.6 Å². The van der Waals surface area contributed by atoms with Gasteiger partial charge in [-0.2, -0.15) is 0 Å². The molecule has 2 aliphatic heterocycles. The summed E-state index contributed by atoms with van der Waals surface area (Å²) in [5, 5.41) is 0. The van der Waals surface area contributed by atoms with Gasteiger partial charge in [0.1, 0.15) is 11.4 Å². The molecule has 0 spiro atoms. The number of benzene rings is 2. The van der Waals surface area contributed by atoms with Crippen LogP contribution in [0.25, 0.3) is 0 Å². The maximum Gasteiger partial charge on any atom is 0.417 e. The molecule has 1 saturated heterocycles. The van der Waals surface area contributed by atoms with Crippen LogP contribution < -0.4 is 4.90 Å². The number of carbonyl (C=O) groups excluding carboxylic acids is 3. The van der Waals surface area contributed by atoms with E-state index in [4.69, 9.17) is 9.47 Å². The molecule has 1 aliphatic carbocycles. The lowest BCUT2D eigenvalue weighted by Gasteiger charge is -2.27. The van der Waals surface area contributed by atoms with Crippen molar-refractivity contribution in [3.05, 3.63) is 89.0 Å². The van der Waals surface area contributed by atoms with Gasteiger partial charge in [0.2, 0.25) is 0 Å². The number of fused-ring (bicyclic) bond motifs is 3. The first-order valence-electron chi connectivity index (χ1n) is 11.8. The Morgan fingerprint density at radius 3 is 2.44 bits per heavy atom. The second-order valence-electron chi connectivity index (χ2n) is 10.2. The van der Waals surface area contributed by atoms with Crippen LogP contribution >= 0.6 is 0 Å². The molecular formula is C28H27FN2O5. The summed E-state index contributed by atoms with van der Waals surface area (Å²) in [6.45, 7) is 6.92. The molecule has 3 aliphatic rings. The second kappa shape index (κ2) is 8.62. The number of imide groups is 1. The molecule has 0 bridgehead atoms. The van der Waals surface area contributed by atoms with E-state index in [-0.39, 0.29) is 11.8 Å². The number of hydrogen-bond donors (Lipinski definition) is 0. The number of ether oxygens (including phenoxy) is 2. The maximum absolute atomic E-state index is 13.5. The van der Waals surface area contributed by atoms with E-state index in [0.717, 1.165) is 11.1 Å². The minimum Gasteiger partial charge on any atom is -0.474 e. The number of likely N-dealkylation sites (tertiary alicyclic amines) is 1. The van der Waals surface area contributed by atoms with E-state index in [2.05, 4.69) is 0 Å². The van der Waals surface area contributed by atoms with Crippen molar-refractivity contribution in [3.8, 4) is 0 Å². The Kier molecular flexibility index (Phi) is 5.70. The molecule has 0 N–H and O–H groups in total. The van der Waals surface area contributed by atoms with E-state index >= 15 is 0 Å². The molecule has 3 unspecified atom stereocenters. The van der Waals surface area contributed by atoms with Crippen molar-refractivity contribution in [3.63, 3.8) is 0 Å². The minimum atomic E-state index is -0.818. The van der Waals surface area contributed by atoms with Crippen molar-refractivity contribution >= 4 is 23.6 Å². The molecule has 2 aromatic carbocycles. The van der Waals surface area contributed by atoms with Gasteiger partial charge in [0.25, 0.3) is 11.8 Å². The number of nitrogens with zero attached hydrogens (tertiary/aromatic N) is 2. The van der Waals surface area contributed by atoms with Crippen LogP contribution in [-0.4, -0.2) is 34.6 Å². The average molecular weight is 491 g/mol. The Hall–Kier alpha value is -3.94. The topological polar surface area (TPSA) is 76.2 Å². The predicted octanol–water partition coefficient (Wildman–Crippen LogP) is 5.04. The van der Waals surface area contributed by atoms with E-state index in [9.17, 15) is 18.8 Å². The molecule has 2 heterocycles. The van der Waals surface area contributed by atoms with Gasteiger partial charge in [-0.3, -0.25) is 14.5 Å². The van der Waals surface area contributed by atoms with Gasteiger partial charge in [0, 0.05) is 17.2 Å². The lowest BCUT2D eigenvalue weighted by Crippen LogP contribution is -2.39. The Bertz CT molecular complexity index is 1310. The van der Waals surface area contributed by atoms with E-state index < -0.39 is 35.7 Å². The summed E-state index contributed by atoms with van der Waals surface area (Å²) in [5.41, 5.74) is 2.48. The molecule has 0 saturated carbocycles. The van der Waals surface area contributed by atoms with Crippen molar-refractivity contribution in [2.75, 3.05) is 4.90 Å². The van der Waals surface area contributed by atoms with Crippen molar-refractivity contribution < 1.29 is 28.2 Å². The number of carbonyl (C=O) groups is 3. The highest BCUT2D eigenvalue weighted by Gasteiger charge is 2.53. The fraction of sp³-hybridized carbons (Fsp3) is 0.321. The summed E-state index contributed by atoms with van der Waals surface area (Å²) >= 11 is 0. The van der Waals surface area contributed by atoms with Crippen LogP contribution in [0.15, 0.2) is 72.0 Å². The lowest BCUT2D eigenvalue weighted by molar-refractivity contribution is -0.125. The number of halogens is 1. The number of anilines is 1. The molecule has 3 amide bonds. The SMILES string of the molecule is CC1=CC(O/C=C2/C(=O)N(C(=O)OC(C)(C)C)C3c4ccccc4CC23)N(c2ccc(F)cc2)C1=O. The Morgan fingerprint density at radius 2 is 1.75 bits per heavy atom. The third-order valence-electron chi connectivity index (χ3n) is 6.57. The zero-order valence-corrected chi connectivity index (χ0v) is 20.5. The van der Waals surface area contributed by atoms with Crippen LogP contribution in [0.3, 0.4) is 0 Å². The number of amides is 3. The highest BCUT2D eigenvalue weighted by atomic mass is 19.1. The molecule has 5 rings (SSSR count). The Balaban J connectivity index is 1.47. The van der Waals surface area contributed by atoms with E-state index in [1.165, 1.54) is 40.3 Å². The minimum absolute atomic E-state index is 0.274. The third kappa shape index (κ3) is 4.06. The van der Waals surface area contributed by atoms with E-state index in [1.54, 1.807) is 33.8 Å². The smallest absolute Gasteiger partial charge is 0.417 e. The van der Waals surface area contributed by atoms with Gasteiger partial charge < -0.3 is 9.47 Å². The zero-order chi connectivity index (χ0) is 25.8. The van der Waals surface area contributed by atoms with Crippen molar-refractivity contribution in [2.24, 2.45) is 5.92 Å². The van der Waals surface area contributed by atoms with Crippen molar-refractivity contribution in [1.29, 1.82) is 0 Å². The molecule has 0 aromatic heterocycles. The largest absolute Gasteiger partial charge is 0.474 e. The molecule has 0 radical (unpaired) electrons.